The van der Waals surface area contributed by atoms with Crippen LogP contribution in [0.5, 0.6) is 0 Å². The molecule has 0 saturated heterocycles. The lowest BCUT2D eigenvalue weighted by Crippen LogP contribution is -2.50. The van der Waals surface area contributed by atoms with Gasteiger partial charge in [-0.05, 0) is 111 Å². The summed E-state index contributed by atoms with van der Waals surface area (Å²) in [5, 5.41) is 11.0. The molecule has 0 aliphatic heterocycles. The molecule has 9 unspecified atom stereocenters. The molecule has 3 saturated carbocycles. The molecule has 0 spiro atoms. The molecule has 3 fully saturated rings. The second-order valence-corrected chi connectivity index (χ2v) is 13.3. The summed E-state index contributed by atoms with van der Waals surface area (Å²) in [7, 11) is 0. The number of esters is 1. The molecular weight excluding hydrogens is 420 g/mol. The van der Waals surface area contributed by atoms with Crippen LogP contribution >= 0.6 is 0 Å². The molecule has 0 aromatic rings. The number of rotatable bonds is 7. The first-order chi connectivity index (χ1) is 15.9. The number of aliphatic hydroxyl groups is 1. The Kier molecular flexibility index (Phi) is 7.19. The van der Waals surface area contributed by atoms with E-state index < -0.39 is 5.60 Å². The summed E-state index contributed by atoms with van der Waals surface area (Å²) in [6.45, 7) is 17.3. The van der Waals surface area contributed by atoms with E-state index in [4.69, 9.17) is 4.74 Å². The Morgan fingerprint density at radius 1 is 1.18 bits per heavy atom. The van der Waals surface area contributed by atoms with Crippen LogP contribution < -0.4 is 0 Å². The van der Waals surface area contributed by atoms with E-state index in [0.717, 1.165) is 43.9 Å². The Labute approximate surface area is 208 Å². The average molecular weight is 471 g/mol. The van der Waals surface area contributed by atoms with E-state index in [1.165, 1.54) is 32.1 Å². The van der Waals surface area contributed by atoms with E-state index in [1.807, 2.05) is 0 Å². The third kappa shape index (κ3) is 4.33. The van der Waals surface area contributed by atoms with Gasteiger partial charge in [0.05, 0.1) is 5.60 Å². The third-order valence-corrected chi connectivity index (χ3v) is 11.5. The van der Waals surface area contributed by atoms with Crippen LogP contribution in [-0.2, 0) is 9.53 Å². The standard InChI is InChI=1S/C31H50O3/c1-8-31(33,20(2)3)18-13-21(4)26-11-12-27-25-10-9-23-19-24(34-22(5)32)14-16-29(23,6)28(25)15-17-30(26,27)7/h8,10,20-21,23-24,26-28,33H,1,9,11-19H2,2-7H3. The van der Waals surface area contributed by atoms with Gasteiger partial charge in [0.15, 0.2) is 0 Å². The van der Waals surface area contributed by atoms with Gasteiger partial charge in [0.25, 0.3) is 0 Å². The van der Waals surface area contributed by atoms with Crippen LogP contribution in [0.4, 0.5) is 0 Å². The molecule has 0 bridgehead atoms. The molecule has 0 amide bonds. The Balaban J connectivity index is 1.47. The van der Waals surface area contributed by atoms with Crippen molar-refractivity contribution >= 4 is 5.97 Å². The summed E-state index contributed by atoms with van der Waals surface area (Å²) in [4.78, 5) is 11.5. The minimum atomic E-state index is -0.745. The van der Waals surface area contributed by atoms with Crippen molar-refractivity contribution in [2.24, 2.45) is 46.3 Å². The van der Waals surface area contributed by atoms with Crippen molar-refractivity contribution in [2.75, 3.05) is 0 Å². The molecule has 34 heavy (non-hydrogen) atoms. The fourth-order valence-corrected chi connectivity index (χ4v) is 9.08. The minimum absolute atomic E-state index is 0.121. The Morgan fingerprint density at radius 2 is 1.85 bits per heavy atom. The zero-order valence-electron chi connectivity index (χ0n) is 22.7. The summed E-state index contributed by atoms with van der Waals surface area (Å²) in [5.74, 6) is 3.54. The smallest absolute Gasteiger partial charge is 0.302 e. The zero-order chi connectivity index (χ0) is 24.9. The van der Waals surface area contributed by atoms with Crippen LogP contribution in [0.25, 0.3) is 0 Å². The number of allylic oxidation sites excluding steroid dienone is 2. The highest BCUT2D eigenvalue weighted by Gasteiger charge is 2.58. The van der Waals surface area contributed by atoms with Gasteiger partial charge in [0.2, 0.25) is 0 Å². The van der Waals surface area contributed by atoms with Crippen LogP contribution in [0.2, 0.25) is 0 Å². The van der Waals surface area contributed by atoms with Gasteiger partial charge in [0.1, 0.15) is 6.10 Å². The second-order valence-electron chi connectivity index (χ2n) is 13.3. The third-order valence-electron chi connectivity index (χ3n) is 11.5. The van der Waals surface area contributed by atoms with Crippen molar-refractivity contribution in [3.05, 3.63) is 24.3 Å². The van der Waals surface area contributed by atoms with Crippen LogP contribution in [0.1, 0.15) is 106 Å². The molecule has 0 aromatic heterocycles. The SMILES string of the molecule is C=CC(O)(CCC(C)C1CCC2C3=CCC4CC(OC(C)=O)CCC4(C)C3CCC21C)C(C)C. The number of hydrogen-bond acceptors (Lipinski definition) is 3. The van der Waals surface area contributed by atoms with Crippen LogP contribution in [0.3, 0.4) is 0 Å². The first-order valence-corrected chi connectivity index (χ1v) is 14.2. The van der Waals surface area contributed by atoms with Gasteiger partial charge in [-0.3, -0.25) is 4.79 Å². The molecule has 4 aliphatic rings. The van der Waals surface area contributed by atoms with Crippen LogP contribution in [-0.4, -0.2) is 22.8 Å². The topological polar surface area (TPSA) is 46.5 Å². The number of ether oxygens (including phenoxy) is 1. The molecule has 4 aliphatic carbocycles. The van der Waals surface area contributed by atoms with Gasteiger partial charge in [-0.2, -0.15) is 0 Å². The van der Waals surface area contributed by atoms with Gasteiger partial charge in [-0.15, -0.1) is 6.58 Å². The molecule has 192 valence electrons. The van der Waals surface area contributed by atoms with Gasteiger partial charge < -0.3 is 9.84 Å². The highest BCUT2D eigenvalue weighted by Crippen LogP contribution is 2.67. The lowest BCUT2D eigenvalue weighted by molar-refractivity contribution is -0.152. The van der Waals surface area contributed by atoms with E-state index in [1.54, 1.807) is 18.6 Å². The van der Waals surface area contributed by atoms with E-state index in [9.17, 15) is 9.90 Å². The highest BCUT2D eigenvalue weighted by molar-refractivity contribution is 5.66. The summed E-state index contributed by atoms with van der Waals surface area (Å²) >= 11 is 0. The van der Waals surface area contributed by atoms with Crippen LogP contribution in [0, 0.1) is 46.3 Å². The van der Waals surface area contributed by atoms with Crippen molar-refractivity contribution in [1.82, 2.24) is 0 Å². The quantitative estimate of drug-likeness (QED) is 0.310. The van der Waals surface area contributed by atoms with E-state index in [0.29, 0.717) is 28.6 Å². The predicted molar refractivity (Wildman–Crippen MR) is 139 cm³/mol. The van der Waals surface area contributed by atoms with Crippen molar-refractivity contribution in [3.63, 3.8) is 0 Å². The zero-order valence-corrected chi connectivity index (χ0v) is 22.7. The molecule has 0 heterocycles. The monoisotopic (exact) mass is 470 g/mol. The van der Waals surface area contributed by atoms with Crippen LogP contribution in [0.15, 0.2) is 24.3 Å². The maximum absolute atomic E-state index is 11.5. The predicted octanol–water partition coefficient (Wildman–Crippen LogP) is 7.49. The Bertz CT molecular complexity index is 813. The summed E-state index contributed by atoms with van der Waals surface area (Å²) in [6.07, 6.45) is 16.2. The van der Waals surface area contributed by atoms with Crippen molar-refractivity contribution < 1.29 is 14.6 Å². The number of carbonyl (C=O) groups excluding carboxylic acids is 1. The molecule has 1 N–H and O–H groups in total. The number of hydrogen-bond donors (Lipinski definition) is 1. The second kappa shape index (κ2) is 9.41. The first kappa shape index (κ1) is 26.0. The van der Waals surface area contributed by atoms with Crippen molar-refractivity contribution in [2.45, 2.75) is 117 Å². The maximum atomic E-state index is 11.5. The van der Waals surface area contributed by atoms with E-state index >= 15 is 0 Å². The lowest BCUT2D eigenvalue weighted by Gasteiger charge is -2.58. The molecule has 3 nitrogen and oxygen atoms in total. The Hall–Kier alpha value is -1.09. The molecule has 9 atom stereocenters. The average Bonchev–Trinajstić information content (AvgIpc) is 3.14. The maximum Gasteiger partial charge on any atom is 0.302 e. The fraction of sp³-hybridized carbons (Fsp3) is 0.839. The minimum Gasteiger partial charge on any atom is -0.463 e. The van der Waals surface area contributed by atoms with Gasteiger partial charge in [-0.25, -0.2) is 0 Å². The molecule has 0 radical (unpaired) electrons. The largest absolute Gasteiger partial charge is 0.463 e. The molecule has 0 aromatic carbocycles. The van der Waals surface area contributed by atoms with Gasteiger partial charge in [-0.1, -0.05) is 52.3 Å². The van der Waals surface area contributed by atoms with E-state index in [-0.39, 0.29) is 18.0 Å². The number of carbonyl (C=O) groups is 1. The normalized spacial score (nSPS) is 42.0. The lowest BCUT2D eigenvalue weighted by atomic mass is 9.47. The number of fused-ring (bicyclic) bond motifs is 5. The van der Waals surface area contributed by atoms with Crippen molar-refractivity contribution in [1.29, 1.82) is 0 Å². The summed E-state index contributed by atoms with van der Waals surface area (Å²) < 4.78 is 5.63. The Morgan fingerprint density at radius 3 is 2.50 bits per heavy atom. The molecular formula is C31H50O3. The van der Waals surface area contributed by atoms with Crippen molar-refractivity contribution in [3.8, 4) is 0 Å². The first-order valence-electron chi connectivity index (χ1n) is 14.2. The highest BCUT2D eigenvalue weighted by atomic mass is 16.5. The van der Waals surface area contributed by atoms with Gasteiger partial charge in [0, 0.05) is 6.92 Å². The van der Waals surface area contributed by atoms with E-state index in [2.05, 4.69) is 47.3 Å². The summed E-state index contributed by atoms with van der Waals surface area (Å²) in [6, 6.07) is 0. The summed E-state index contributed by atoms with van der Waals surface area (Å²) in [5.41, 5.74) is 1.80. The fourth-order valence-electron chi connectivity index (χ4n) is 9.08. The molecule has 4 rings (SSSR count). The molecule has 3 heteroatoms. The van der Waals surface area contributed by atoms with Gasteiger partial charge >= 0.3 is 5.97 Å².